The van der Waals surface area contributed by atoms with E-state index in [0.717, 1.165) is 12.2 Å². The van der Waals surface area contributed by atoms with Gasteiger partial charge < -0.3 is 9.99 Å². The Kier molecular flexibility index (Phi) is 3.19. The molecule has 0 atom stereocenters. The van der Waals surface area contributed by atoms with Crippen molar-refractivity contribution in [1.82, 2.24) is 20.4 Å². The molecular weight excluding hydrogens is 260 g/mol. The Morgan fingerprint density at radius 2 is 2.10 bits per heavy atom. The van der Waals surface area contributed by atoms with Crippen molar-refractivity contribution in [2.45, 2.75) is 38.0 Å². The lowest BCUT2D eigenvalue weighted by atomic mass is 9.84. The van der Waals surface area contributed by atoms with Gasteiger partial charge in [-0.05, 0) is 36.0 Å². The Balaban J connectivity index is 1.74. The van der Waals surface area contributed by atoms with E-state index in [2.05, 4.69) is 40.1 Å². The van der Waals surface area contributed by atoms with Gasteiger partial charge in [0.05, 0.1) is 0 Å². The van der Waals surface area contributed by atoms with E-state index in [4.69, 9.17) is 0 Å². The summed E-state index contributed by atoms with van der Waals surface area (Å²) in [4.78, 5) is 7.96. The average molecular weight is 282 g/mol. The largest absolute Gasteiger partial charge is 0.346 e. The molecule has 4 heteroatoms. The van der Waals surface area contributed by atoms with Crippen LogP contribution in [0.5, 0.6) is 0 Å². The molecule has 0 saturated heterocycles. The van der Waals surface area contributed by atoms with Gasteiger partial charge in [0.1, 0.15) is 5.65 Å². The Morgan fingerprint density at radius 1 is 1.24 bits per heavy atom. The first-order valence-corrected chi connectivity index (χ1v) is 7.96. The van der Waals surface area contributed by atoms with Gasteiger partial charge in [-0.2, -0.15) is 0 Å². The Labute approximate surface area is 125 Å². The van der Waals surface area contributed by atoms with E-state index >= 15 is 0 Å². The van der Waals surface area contributed by atoms with Gasteiger partial charge in [-0.25, -0.2) is 10.4 Å². The molecule has 3 heterocycles. The van der Waals surface area contributed by atoms with E-state index in [1.54, 1.807) is 0 Å². The number of nitrogens with one attached hydrogen (secondary N) is 2. The van der Waals surface area contributed by atoms with Crippen molar-refractivity contribution in [2.24, 2.45) is 0 Å². The highest BCUT2D eigenvalue weighted by Gasteiger charge is 2.19. The second-order valence-electron chi connectivity index (χ2n) is 6.30. The van der Waals surface area contributed by atoms with Crippen molar-refractivity contribution >= 4 is 16.6 Å². The lowest BCUT2D eigenvalue weighted by Crippen LogP contribution is -2.23. The van der Waals surface area contributed by atoms with Crippen LogP contribution in [0.1, 0.15) is 49.1 Å². The minimum atomic E-state index is 0.705. The number of hydrogen-bond donors (Lipinski definition) is 2. The highest BCUT2D eigenvalue weighted by Crippen LogP contribution is 2.34. The number of fused-ring (bicyclic) bond motifs is 1. The van der Waals surface area contributed by atoms with E-state index in [1.165, 1.54) is 54.2 Å². The van der Waals surface area contributed by atoms with Gasteiger partial charge in [-0.15, -0.1) is 0 Å². The standard InChI is InChI=1S/C17H22N4/c1-21-11-14(9-20-21)16-10-19-17-15(16)7-13(8-18-17)12-5-3-2-4-6-12/h7-8,10-12,20H,2-6,9H2,1H3,(H,18,19). The SMILES string of the molecule is CN1C=C(c2c[nH]c3ncc(C4CCCCC4)cc23)CN1. The van der Waals surface area contributed by atoms with Crippen LogP contribution in [0.2, 0.25) is 0 Å². The molecule has 2 N–H and O–H groups in total. The van der Waals surface area contributed by atoms with Crippen molar-refractivity contribution in [2.75, 3.05) is 13.6 Å². The predicted molar refractivity (Wildman–Crippen MR) is 85.7 cm³/mol. The minimum absolute atomic E-state index is 0.705. The second kappa shape index (κ2) is 5.19. The first-order valence-electron chi connectivity index (χ1n) is 7.96. The Morgan fingerprint density at radius 3 is 2.86 bits per heavy atom. The van der Waals surface area contributed by atoms with Crippen LogP contribution in [0.4, 0.5) is 0 Å². The van der Waals surface area contributed by atoms with Crippen LogP contribution in [0.25, 0.3) is 16.6 Å². The maximum absolute atomic E-state index is 4.65. The maximum Gasteiger partial charge on any atom is 0.137 e. The van der Waals surface area contributed by atoms with Crippen LogP contribution in [0, 0.1) is 0 Å². The molecule has 4 nitrogen and oxygen atoms in total. The smallest absolute Gasteiger partial charge is 0.137 e. The molecule has 4 rings (SSSR count). The fourth-order valence-corrected chi connectivity index (χ4v) is 3.64. The molecule has 2 aromatic heterocycles. The van der Waals surface area contributed by atoms with E-state index in [-0.39, 0.29) is 0 Å². The van der Waals surface area contributed by atoms with Crippen LogP contribution in [0.15, 0.2) is 24.7 Å². The predicted octanol–water partition coefficient (Wildman–Crippen LogP) is 3.40. The van der Waals surface area contributed by atoms with Crippen LogP contribution in [-0.2, 0) is 0 Å². The molecule has 0 aromatic carbocycles. The number of rotatable bonds is 2. The molecule has 0 amide bonds. The van der Waals surface area contributed by atoms with E-state index in [0.29, 0.717) is 5.92 Å². The average Bonchev–Trinajstić information content (AvgIpc) is 3.13. The lowest BCUT2D eigenvalue weighted by molar-refractivity contribution is 0.374. The van der Waals surface area contributed by atoms with Crippen molar-refractivity contribution < 1.29 is 0 Å². The molecule has 110 valence electrons. The number of pyridine rings is 1. The maximum atomic E-state index is 4.65. The molecular formula is C17H22N4. The molecule has 1 aliphatic heterocycles. The molecule has 2 aromatic rings. The second-order valence-corrected chi connectivity index (χ2v) is 6.30. The molecule has 0 bridgehead atoms. The monoisotopic (exact) mass is 282 g/mol. The van der Waals surface area contributed by atoms with Gasteiger partial charge in [-0.1, -0.05) is 19.3 Å². The third-order valence-electron chi connectivity index (χ3n) is 4.84. The van der Waals surface area contributed by atoms with Gasteiger partial charge in [0.15, 0.2) is 0 Å². The summed E-state index contributed by atoms with van der Waals surface area (Å²) < 4.78 is 0. The number of H-pyrrole nitrogens is 1. The summed E-state index contributed by atoms with van der Waals surface area (Å²) in [5.74, 6) is 0.705. The zero-order valence-electron chi connectivity index (χ0n) is 12.5. The first kappa shape index (κ1) is 12.9. The van der Waals surface area contributed by atoms with Crippen molar-refractivity contribution in [3.63, 3.8) is 0 Å². The Hall–Kier alpha value is -1.81. The quantitative estimate of drug-likeness (QED) is 0.887. The summed E-state index contributed by atoms with van der Waals surface area (Å²) in [6, 6.07) is 2.36. The zero-order valence-corrected chi connectivity index (χ0v) is 12.5. The summed E-state index contributed by atoms with van der Waals surface area (Å²) >= 11 is 0. The molecule has 1 fully saturated rings. The van der Waals surface area contributed by atoms with Crippen molar-refractivity contribution in [3.8, 4) is 0 Å². The highest BCUT2D eigenvalue weighted by molar-refractivity contribution is 5.91. The summed E-state index contributed by atoms with van der Waals surface area (Å²) in [6.07, 6.45) is 13.1. The third kappa shape index (κ3) is 2.33. The fourth-order valence-electron chi connectivity index (χ4n) is 3.64. The van der Waals surface area contributed by atoms with Gasteiger partial charge in [0.2, 0.25) is 0 Å². The van der Waals surface area contributed by atoms with E-state index < -0.39 is 0 Å². The summed E-state index contributed by atoms with van der Waals surface area (Å²) in [5.41, 5.74) is 8.34. The normalized spacial score (nSPS) is 20.2. The van der Waals surface area contributed by atoms with Gasteiger partial charge >= 0.3 is 0 Å². The zero-order chi connectivity index (χ0) is 14.2. The first-order chi connectivity index (χ1) is 10.3. The molecule has 21 heavy (non-hydrogen) atoms. The van der Waals surface area contributed by atoms with Crippen LogP contribution in [-0.4, -0.2) is 28.6 Å². The summed E-state index contributed by atoms with van der Waals surface area (Å²) in [6.45, 7) is 0.886. The van der Waals surface area contributed by atoms with Crippen LogP contribution < -0.4 is 5.43 Å². The van der Waals surface area contributed by atoms with Gasteiger partial charge in [0.25, 0.3) is 0 Å². The van der Waals surface area contributed by atoms with Crippen molar-refractivity contribution in [1.29, 1.82) is 0 Å². The molecule has 0 spiro atoms. The van der Waals surface area contributed by atoms with E-state index in [9.17, 15) is 0 Å². The molecule has 1 saturated carbocycles. The Bertz CT molecular complexity index is 679. The molecule has 2 aliphatic rings. The fraction of sp³-hybridized carbons (Fsp3) is 0.471. The number of aromatic nitrogens is 2. The number of hydrazine groups is 1. The van der Waals surface area contributed by atoms with Gasteiger partial charge in [-0.3, -0.25) is 0 Å². The summed E-state index contributed by atoms with van der Waals surface area (Å²) in [5, 5.41) is 3.29. The molecule has 1 aliphatic carbocycles. The van der Waals surface area contributed by atoms with Crippen molar-refractivity contribution in [3.05, 3.63) is 35.8 Å². The number of aromatic amines is 1. The van der Waals surface area contributed by atoms with Crippen LogP contribution in [0.3, 0.4) is 0 Å². The molecule has 0 unspecified atom stereocenters. The topological polar surface area (TPSA) is 44.0 Å². The minimum Gasteiger partial charge on any atom is -0.346 e. The molecule has 0 radical (unpaired) electrons. The lowest BCUT2D eigenvalue weighted by Gasteiger charge is -2.21. The van der Waals surface area contributed by atoms with Crippen LogP contribution >= 0.6 is 0 Å². The number of nitrogens with zero attached hydrogens (tertiary/aromatic N) is 2. The highest BCUT2D eigenvalue weighted by atomic mass is 15.5. The van der Waals surface area contributed by atoms with Gasteiger partial charge in [0, 0.05) is 43.1 Å². The van der Waals surface area contributed by atoms with E-state index in [1.807, 2.05) is 12.1 Å². The summed E-state index contributed by atoms with van der Waals surface area (Å²) in [7, 11) is 2.04. The number of hydrogen-bond acceptors (Lipinski definition) is 3. The third-order valence-corrected chi connectivity index (χ3v) is 4.84.